The van der Waals surface area contributed by atoms with Crippen molar-refractivity contribution in [2.24, 2.45) is 0 Å². The molecule has 0 spiro atoms. The van der Waals surface area contributed by atoms with Crippen molar-refractivity contribution < 1.29 is 9.90 Å². The van der Waals surface area contributed by atoms with Crippen molar-refractivity contribution in [1.82, 2.24) is 4.98 Å². The van der Waals surface area contributed by atoms with E-state index in [1.54, 1.807) is 6.92 Å². The highest BCUT2D eigenvalue weighted by molar-refractivity contribution is 7.11. The third-order valence-corrected chi connectivity index (χ3v) is 1.74. The highest BCUT2D eigenvalue weighted by Gasteiger charge is 2.08. The highest BCUT2D eigenvalue weighted by atomic mass is 32.1. The van der Waals surface area contributed by atoms with Gasteiger partial charge in [-0.3, -0.25) is 0 Å². The van der Waals surface area contributed by atoms with Crippen molar-refractivity contribution in [2.75, 3.05) is 0 Å². The van der Waals surface area contributed by atoms with Gasteiger partial charge in [-0.2, -0.15) is 0 Å². The van der Waals surface area contributed by atoms with Gasteiger partial charge in [0.1, 0.15) is 4.88 Å². The SMILES string of the molecule is Cc1n[c]sc1C(=O)O. The van der Waals surface area contributed by atoms with E-state index in [-0.39, 0.29) is 4.88 Å². The smallest absolute Gasteiger partial charge is 0.347 e. The Morgan fingerprint density at radius 1 is 1.89 bits per heavy atom. The van der Waals surface area contributed by atoms with Crippen LogP contribution in [0, 0.1) is 12.4 Å². The molecule has 1 N–H and O–H groups in total. The maximum absolute atomic E-state index is 10.2. The molecule has 0 aromatic carbocycles. The van der Waals surface area contributed by atoms with E-state index in [4.69, 9.17) is 5.11 Å². The van der Waals surface area contributed by atoms with Crippen molar-refractivity contribution in [2.45, 2.75) is 6.92 Å². The minimum atomic E-state index is -0.925. The fourth-order valence-corrected chi connectivity index (χ4v) is 1.01. The van der Waals surface area contributed by atoms with Gasteiger partial charge in [0.2, 0.25) is 0 Å². The van der Waals surface area contributed by atoms with Crippen molar-refractivity contribution in [3.05, 3.63) is 16.1 Å². The Hall–Kier alpha value is -0.900. The van der Waals surface area contributed by atoms with Gasteiger partial charge >= 0.3 is 5.97 Å². The van der Waals surface area contributed by atoms with Gasteiger partial charge in [0.25, 0.3) is 0 Å². The number of carbonyl (C=O) groups is 1. The van der Waals surface area contributed by atoms with Crippen LogP contribution in [-0.2, 0) is 0 Å². The van der Waals surface area contributed by atoms with E-state index in [9.17, 15) is 4.79 Å². The molecule has 0 aliphatic rings. The van der Waals surface area contributed by atoms with Gasteiger partial charge in [-0.05, 0) is 6.92 Å². The van der Waals surface area contributed by atoms with E-state index in [1.807, 2.05) is 0 Å². The van der Waals surface area contributed by atoms with E-state index in [0.29, 0.717) is 5.69 Å². The molecule has 9 heavy (non-hydrogen) atoms. The summed E-state index contributed by atoms with van der Waals surface area (Å²) in [6.07, 6.45) is 0. The third kappa shape index (κ3) is 1.08. The van der Waals surface area contributed by atoms with Crippen LogP contribution in [0.3, 0.4) is 0 Å². The average molecular weight is 142 g/mol. The first kappa shape index (κ1) is 6.22. The lowest BCUT2D eigenvalue weighted by Gasteiger charge is -1.84. The summed E-state index contributed by atoms with van der Waals surface area (Å²) < 4.78 is 0. The maximum atomic E-state index is 10.2. The van der Waals surface area contributed by atoms with Crippen LogP contribution >= 0.6 is 11.3 Å². The zero-order valence-electron chi connectivity index (χ0n) is 4.71. The Bertz CT molecular complexity index is 231. The van der Waals surface area contributed by atoms with E-state index in [2.05, 4.69) is 10.5 Å². The molecule has 0 aliphatic heterocycles. The second-order valence-corrected chi connectivity index (χ2v) is 2.32. The summed E-state index contributed by atoms with van der Waals surface area (Å²) in [6.45, 7) is 1.65. The molecular weight excluding hydrogens is 138 g/mol. The molecule has 1 aromatic rings. The quantitative estimate of drug-likeness (QED) is 0.635. The minimum Gasteiger partial charge on any atom is -0.477 e. The number of rotatable bonds is 1. The van der Waals surface area contributed by atoms with Gasteiger partial charge in [-0.25, -0.2) is 9.78 Å². The van der Waals surface area contributed by atoms with Gasteiger partial charge in [0, 0.05) is 0 Å². The predicted molar refractivity (Wildman–Crippen MR) is 32.6 cm³/mol. The molecule has 0 aliphatic carbocycles. The zero-order chi connectivity index (χ0) is 6.85. The molecule has 1 heterocycles. The lowest BCUT2D eigenvalue weighted by Crippen LogP contribution is -1.94. The highest BCUT2D eigenvalue weighted by Crippen LogP contribution is 2.09. The van der Waals surface area contributed by atoms with Crippen LogP contribution in [-0.4, -0.2) is 16.1 Å². The number of hydrogen-bond donors (Lipinski definition) is 1. The molecule has 1 radical (unpaired) electrons. The molecule has 0 atom stereocenters. The van der Waals surface area contributed by atoms with Crippen LogP contribution in [0.2, 0.25) is 0 Å². The molecule has 3 nitrogen and oxygen atoms in total. The molecule has 47 valence electrons. The molecule has 1 aromatic heterocycles. The van der Waals surface area contributed by atoms with E-state index >= 15 is 0 Å². The Morgan fingerprint density at radius 3 is 2.78 bits per heavy atom. The molecule has 0 unspecified atom stereocenters. The standard InChI is InChI=1S/C5H4NO2S/c1-3-4(5(7)8)9-2-6-3/h1H3,(H,7,8). The van der Waals surface area contributed by atoms with Gasteiger partial charge in [0.05, 0.1) is 5.69 Å². The van der Waals surface area contributed by atoms with Crippen molar-refractivity contribution in [1.29, 1.82) is 0 Å². The number of nitrogens with zero attached hydrogens (tertiary/aromatic N) is 1. The second kappa shape index (κ2) is 2.14. The first-order valence-electron chi connectivity index (χ1n) is 2.28. The zero-order valence-corrected chi connectivity index (χ0v) is 5.53. The lowest BCUT2D eigenvalue weighted by atomic mass is 10.4. The van der Waals surface area contributed by atoms with Crippen molar-refractivity contribution in [3.63, 3.8) is 0 Å². The number of aromatic nitrogens is 1. The first-order valence-corrected chi connectivity index (χ1v) is 3.10. The number of carboxylic acids is 1. The molecule has 0 bridgehead atoms. The summed E-state index contributed by atoms with van der Waals surface area (Å²) in [5.74, 6) is -0.925. The Kier molecular flexibility index (Phi) is 1.48. The Labute approximate surface area is 56.0 Å². The number of thiazole rings is 1. The van der Waals surface area contributed by atoms with Gasteiger partial charge < -0.3 is 5.11 Å². The predicted octanol–water partition coefficient (Wildman–Crippen LogP) is 0.950. The summed E-state index contributed by atoms with van der Waals surface area (Å²) in [5.41, 5.74) is 3.02. The average Bonchev–Trinajstić information content (AvgIpc) is 2.13. The lowest BCUT2D eigenvalue weighted by molar-refractivity contribution is 0.0701. The van der Waals surface area contributed by atoms with Crippen molar-refractivity contribution in [3.8, 4) is 0 Å². The molecule has 0 saturated heterocycles. The van der Waals surface area contributed by atoms with Crippen LogP contribution < -0.4 is 0 Å². The van der Waals surface area contributed by atoms with Crippen molar-refractivity contribution >= 4 is 17.3 Å². The van der Waals surface area contributed by atoms with E-state index in [0.717, 1.165) is 11.3 Å². The van der Waals surface area contributed by atoms with Gasteiger partial charge in [-0.15, -0.1) is 11.3 Å². The molecular formula is C5H4NO2S. The van der Waals surface area contributed by atoms with Crippen LogP contribution in [0.4, 0.5) is 0 Å². The summed E-state index contributed by atoms with van der Waals surface area (Å²) in [5, 5.41) is 8.40. The van der Waals surface area contributed by atoms with Crippen LogP contribution in [0.25, 0.3) is 0 Å². The van der Waals surface area contributed by atoms with E-state index in [1.165, 1.54) is 0 Å². The monoisotopic (exact) mass is 142 g/mol. The number of aryl methyl sites for hydroxylation is 1. The van der Waals surface area contributed by atoms with Crippen LogP contribution in [0.15, 0.2) is 0 Å². The molecule has 0 amide bonds. The second-order valence-electron chi connectivity index (χ2n) is 1.52. The topological polar surface area (TPSA) is 50.2 Å². The van der Waals surface area contributed by atoms with Crippen LogP contribution in [0.1, 0.15) is 15.4 Å². The normalized spacial score (nSPS) is 9.44. The molecule has 0 saturated carbocycles. The number of hydrogen-bond acceptors (Lipinski definition) is 3. The van der Waals surface area contributed by atoms with Crippen LogP contribution in [0.5, 0.6) is 0 Å². The van der Waals surface area contributed by atoms with E-state index < -0.39 is 5.97 Å². The summed E-state index contributed by atoms with van der Waals surface area (Å²) >= 11 is 1.02. The number of aromatic carboxylic acids is 1. The fourth-order valence-electron chi connectivity index (χ4n) is 0.460. The molecule has 1 rings (SSSR count). The Morgan fingerprint density at radius 2 is 2.56 bits per heavy atom. The maximum Gasteiger partial charge on any atom is 0.347 e. The van der Waals surface area contributed by atoms with Gasteiger partial charge in [-0.1, -0.05) is 0 Å². The third-order valence-electron chi connectivity index (χ3n) is 0.884. The minimum absolute atomic E-state index is 0.273. The molecule has 4 heteroatoms. The molecule has 0 fully saturated rings. The Balaban J connectivity index is 3.08. The summed E-state index contributed by atoms with van der Waals surface area (Å²) in [7, 11) is 0. The number of carboxylic acid groups (broad SMARTS) is 1. The fraction of sp³-hybridized carbons (Fsp3) is 0.200. The van der Waals surface area contributed by atoms with Gasteiger partial charge in [0.15, 0.2) is 5.51 Å². The first-order chi connectivity index (χ1) is 4.22. The summed E-state index contributed by atoms with van der Waals surface area (Å²) in [6, 6.07) is 0. The summed E-state index contributed by atoms with van der Waals surface area (Å²) in [4.78, 5) is 14.2. The largest absolute Gasteiger partial charge is 0.477 e.